The van der Waals surface area contributed by atoms with Crippen molar-refractivity contribution in [1.82, 2.24) is 0 Å². The first-order valence-corrected chi connectivity index (χ1v) is 5.79. The minimum absolute atomic E-state index is 0.220. The van der Waals surface area contributed by atoms with Crippen LogP contribution in [0.2, 0.25) is 0 Å². The van der Waals surface area contributed by atoms with E-state index in [0.29, 0.717) is 18.5 Å². The molecule has 0 fully saturated rings. The maximum absolute atomic E-state index is 12.6. The van der Waals surface area contributed by atoms with E-state index in [4.69, 9.17) is 4.74 Å². The minimum Gasteiger partial charge on any atom is -0.376 e. The van der Waals surface area contributed by atoms with Gasteiger partial charge in [0, 0.05) is 6.42 Å². The average molecular weight is 271 g/mol. The maximum atomic E-state index is 12.6. The molecule has 0 saturated carbocycles. The van der Waals surface area contributed by atoms with Gasteiger partial charge in [0.1, 0.15) is 5.82 Å². The molecule has 0 N–H and O–H groups in total. The minimum atomic E-state index is -0.220. The molecule has 1 nitrogen and oxygen atoms in total. The lowest BCUT2D eigenvalue weighted by Crippen LogP contribution is -1.94. The molecular formula is C12H12BrFO. The van der Waals surface area contributed by atoms with Gasteiger partial charge in [-0.2, -0.15) is 0 Å². The van der Waals surface area contributed by atoms with E-state index in [1.165, 1.54) is 12.1 Å². The number of halogens is 2. The van der Waals surface area contributed by atoms with Crippen molar-refractivity contribution in [3.8, 4) is 11.8 Å². The van der Waals surface area contributed by atoms with Gasteiger partial charge in [0.05, 0.1) is 18.5 Å². The second-order valence-corrected chi connectivity index (χ2v) is 3.48. The van der Waals surface area contributed by atoms with Crippen molar-refractivity contribution in [2.45, 2.75) is 13.0 Å². The maximum Gasteiger partial charge on any atom is 0.123 e. The lowest BCUT2D eigenvalue weighted by molar-refractivity contribution is 0.126. The number of alkyl halides is 1. The first-order chi connectivity index (χ1) is 7.33. The highest BCUT2D eigenvalue weighted by atomic mass is 79.9. The topological polar surface area (TPSA) is 9.23 Å². The molecule has 0 heterocycles. The molecule has 0 radical (unpaired) electrons. The average Bonchev–Trinajstić information content (AvgIpc) is 2.26. The predicted octanol–water partition coefficient (Wildman–Crippen LogP) is 3.13. The van der Waals surface area contributed by atoms with Crippen molar-refractivity contribution in [3.63, 3.8) is 0 Å². The Balaban J connectivity index is 2.17. The Morgan fingerprint density at radius 2 is 1.93 bits per heavy atom. The van der Waals surface area contributed by atoms with E-state index < -0.39 is 0 Å². The first kappa shape index (κ1) is 12.2. The van der Waals surface area contributed by atoms with Crippen molar-refractivity contribution in [3.05, 3.63) is 35.6 Å². The molecule has 0 spiro atoms. The highest BCUT2D eigenvalue weighted by Gasteiger charge is 1.93. The van der Waals surface area contributed by atoms with Gasteiger partial charge < -0.3 is 4.74 Å². The van der Waals surface area contributed by atoms with Crippen LogP contribution in [-0.2, 0) is 11.3 Å². The van der Waals surface area contributed by atoms with Crippen molar-refractivity contribution in [2.24, 2.45) is 0 Å². The Labute approximate surface area is 97.8 Å². The number of benzene rings is 1. The van der Waals surface area contributed by atoms with E-state index in [1.807, 2.05) is 0 Å². The molecule has 0 aliphatic carbocycles. The highest BCUT2D eigenvalue weighted by Crippen LogP contribution is 2.04. The zero-order valence-corrected chi connectivity index (χ0v) is 9.89. The lowest BCUT2D eigenvalue weighted by atomic mass is 10.2. The predicted molar refractivity (Wildman–Crippen MR) is 62.2 cm³/mol. The summed E-state index contributed by atoms with van der Waals surface area (Å²) in [6.07, 6.45) is 0.729. The number of rotatable bonds is 4. The van der Waals surface area contributed by atoms with Crippen LogP contribution in [0.5, 0.6) is 0 Å². The largest absolute Gasteiger partial charge is 0.376 e. The quantitative estimate of drug-likeness (QED) is 0.464. The fraction of sp³-hybridized carbons (Fsp3) is 0.333. The van der Waals surface area contributed by atoms with Crippen LogP contribution in [0.25, 0.3) is 0 Å². The second kappa shape index (κ2) is 7.44. The molecule has 80 valence electrons. The third-order valence-electron chi connectivity index (χ3n) is 1.75. The van der Waals surface area contributed by atoms with E-state index >= 15 is 0 Å². The summed E-state index contributed by atoms with van der Waals surface area (Å²) in [4.78, 5) is 0. The molecule has 1 aromatic carbocycles. The van der Waals surface area contributed by atoms with Gasteiger partial charge in [-0.3, -0.25) is 0 Å². The summed E-state index contributed by atoms with van der Waals surface area (Å²) in [5, 5.41) is 0.699. The van der Waals surface area contributed by atoms with E-state index in [9.17, 15) is 4.39 Å². The molecule has 0 saturated heterocycles. The number of ether oxygens (including phenoxy) is 1. The number of hydrogen-bond acceptors (Lipinski definition) is 1. The Morgan fingerprint density at radius 1 is 1.20 bits per heavy atom. The SMILES string of the molecule is Fc1ccc(COCCC#CCBr)cc1. The molecule has 0 aromatic heterocycles. The smallest absolute Gasteiger partial charge is 0.123 e. The van der Waals surface area contributed by atoms with Crippen LogP contribution in [-0.4, -0.2) is 11.9 Å². The second-order valence-electron chi connectivity index (χ2n) is 2.92. The van der Waals surface area contributed by atoms with Gasteiger partial charge in [0.25, 0.3) is 0 Å². The number of hydrogen-bond donors (Lipinski definition) is 0. The van der Waals surface area contributed by atoms with Crippen LogP contribution in [0.15, 0.2) is 24.3 Å². The van der Waals surface area contributed by atoms with Gasteiger partial charge in [-0.25, -0.2) is 4.39 Å². The monoisotopic (exact) mass is 270 g/mol. The van der Waals surface area contributed by atoms with Crippen LogP contribution in [0, 0.1) is 17.7 Å². The summed E-state index contributed by atoms with van der Waals surface area (Å²) in [6, 6.07) is 6.31. The van der Waals surface area contributed by atoms with Gasteiger partial charge in [0.2, 0.25) is 0 Å². The van der Waals surface area contributed by atoms with Gasteiger partial charge >= 0.3 is 0 Å². The van der Waals surface area contributed by atoms with E-state index in [1.54, 1.807) is 12.1 Å². The van der Waals surface area contributed by atoms with Crippen LogP contribution in [0.4, 0.5) is 4.39 Å². The lowest BCUT2D eigenvalue weighted by Gasteiger charge is -2.01. The Hall–Kier alpha value is -0.850. The van der Waals surface area contributed by atoms with Gasteiger partial charge in [-0.05, 0) is 17.7 Å². The summed E-state index contributed by atoms with van der Waals surface area (Å²) in [5.41, 5.74) is 0.977. The van der Waals surface area contributed by atoms with Crippen LogP contribution in [0.1, 0.15) is 12.0 Å². The molecule has 0 aliphatic heterocycles. The fourth-order valence-electron chi connectivity index (χ4n) is 1.03. The van der Waals surface area contributed by atoms with Crippen molar-refractivity contribution < 1.29 is 9.13 Å². The molecule has 0 aliphatic rings. The third kappa shape index (κ3) is 5.56. The summed E-state index contributed by atoms with van der Waals surface area (Å²) >= 11 is 3.21. The van der Waals surface area contributed by atoms with E-state index in [-0.39, 0.29) is 5.82 Å². The summed E-state index contributed by atoms with van der Waals surface area (Å²) in [7, 11) is 0. The molecule has 15 heavy (non-hydrogen) atoms. The summed E-state index contributed by atoms with van der Waals surface area (Å²) in [5.74, 6) is 5.62. The van der Waals surface area contributed by atoms with Crippen LogP contribution in [0.3, 0.4) is 0 Å². The zero-order valence-electron chi connectivity index (χ0n) is 8.30. The summed E-state index contributed by atoms with van der Waals surface area (Å²) in [6.45, 7) is 1.12. The Morgan fingerprint density at radius 3 is 2.60 bits per heavy atom. The molecular weight excluding hydrogens is 259 g/mol. The molecule has 0 unspecified atom stereocenters. The molecule has 0 bridgehead atoms. The first-order valence-electron chi connectivity index (χ1n) is 4.67. The standard InChI is InChI=1S/C12H12BrFO/c13-8-2-1-3-9-15-10-11-4-6-12(14)7-5-11/h4-7H,3,8-10H2. The van der Waals surface area contributed by atoms with Crippen molar-refractivity contribution in [1.29, 1.82) is 0 Å². The molecule has 0 atom stereocenters. The summed E-state index contributed by atoms with van der Waals surface area (Å²) < 4.78 is 17.9. The normalized spacial score (nSPS) is 9.47. The third-order valence-corrected chi connectivity index (χ3v) is 2.03. The van der Waals surface area contributed by atoms with Gasteiger partial charge in [-0.1, -0.05) is 34.0 Å². The molecule has 0 amide bonds. The molecule has 1 rings (SSSR count). The zero-order chi connectivity index (χ0) is 10.9. The van der Waals surface area contributed by atoms with E-state index in [0.717, 1.165) is 12.0 Å². The van der Waals surface area contributed by atoms with Crippen molar-refractivity contribution in [2.75, 3.05) is 11.9 Å². The fourth-order valence-corrected chi connectivity index (χ4v) is 1.23. The Kier molecular flexibility index (Phi) is 6.06. The van der Waals surface area contributed by atoms with Gasteiger partial charge in [0.15, 0.2) is 0 Å². The van der Waals surface area contributed by atoms with Crippen molar-refractivity contribution >= 4 is 15.9 Å². The molecule has 1 aromatic rings. The molecule has 3 heteroatoms. The van der Waals surface area contributed by atoms with Crippen LogP contribution < -0.4 is 0 Å². The highest BCUT2D eigenvalue weighted by molar-refractivity contribution is 9.09. The van der Waals surface area contributed by atoms with Crippen LogP contribution >= 0.6 is 15.9 Å². The van der Waals surface area contributed by atoms with E-state index in [2.05, 4.69) is 27.8 Å². The van der Waals surface area contributed by atoms with Gasteiger partial charge in [-0.15, -0.1) is 5.92 Å². The Bertz CT molecular complexity index is 337.